The summed E-state index contributed by atoms with van der Waals surface area (Å²) in [7, 11) is 0. The number of nitrogens with one attached hydrogen (secondary N) is 2. The molecular weight excluding hydrogens is 437 g/mol. The number of anilines is 1. The van der Waals surface area contributed by atoms with E-state index < -0.39 is 5.91 Å². The van der Waals surface area contributed by atoms with Gasteiger partial charge in [0.25, 0.3) is 5.91 Å². The number of carbonyl (C=O) groups excluding carboxylic acids is 1. The quantitative estimate of drug-likeness (QED) is 0.484. The van der Waals surface area contributed by atoms with Crippen LogP contribution in [0.2, 0.25) is 10.0 Å². The summed E-state index contributed by atoms with van der Waals surface area (Å²) in [6.07, 6.45) is 0. The molecule has 5 nitrogen and oxygen atoms in total. The molecule has 2 aromatic heterocycles. The lowest BCUT2D eigenvalue weighted by Gasteiger charge is -2.07. The van der Waals surface area contributed by atoms with Gasteiger partial charge >= 0.3 is 0 Å². The highest BCUT2D eigenvalue weighted by Crippen LogP contribution is 2.32. The van der Waals surface area contributed by atoms with Crippen molar-refractivity contribution in [2.24, 2.45) is 0 Å². The Morgan fingerprint density at radius 1 is 1.25 bits per heavy atom. The number of hydrogen-bond acceptors (Lipinski definition) is 5. The molecular formula is C19H13Cl2N3O2S2. The summed E-state index contributed by atoms with van der Waals surface area (Å²) in [5.41, 5.74) is 2.02. The van der Waals surface area contributed by atoms with Gasteiger partial charge in [-0.25, -0.2) is 0 Å². The van der Waals surface area contributed by atoms with Crippen LogP contribution in [-0.4, -0.2) is 11.0 Å². The van der Waals surface area contributed by atoms with Crippen LogP contribution >= 0.6 is 46.8 Å². The van der Waals surface area contributed by atoms with Crippen molar-refractivity contribution in [1.29, 1.82) is 5.26 Å². The van der Waals surface area contributed by atoms with Crippen molar-refractivity contribution < 1.29 is 9.21 Å². The Morgan fingerprint density at radius 2 is 2.00 bits per heavy atom. The number of thiophene rings is 1. The molecule has 3 aromatic rings. The maximum Gasteiger partial charge on any atom is 0.293 e. The van der Waals surface area contributed by atoms with Gasteiger partial charge in [-0.05, 0) is 62.0 Å². The van der Waals surface area contributed by atoms with Crippen LogP contribution in [0.1, 0.15) is 26.6 Å². The number of benzene rings is 1. The van der Waals surface area contributed by atoms with Crippen LogP contribution in [0.3, 0.4) is 0 Å². The number of amides is 1. The Hall–Kier alpha value is -2.37. The molecule has 1 aromatic carbocycles. The fourth-order valence-electron chi connectivity index (χ4n) is 2.44. The van der Waals surface area contributed by atoms with Crippen molar-refractivity contribution in [3.63, 3.8) is 0 Å². The third kappa shape index (κ3) is 4.21. The second-order valence-electron chi connectivity index (χ2n) is 5.80. The van der Waals surface area contributed by atoms with E-state index in [0.29, 0.717) is 31.9 Å². The van der Waals surface area contributed by atoms with Crippen LogP contribution in [0, 0.1) is 25.2 Å². The number of furan rings is 1. The number of halogens is 2. The van der Waals surface area contributed by atoms with Crippen molar-refractivity contribution in [1.82, 2.24) is 5.32 Å². The van der Waals surface area contributed by atoms with Gasteiger partial charge < -0.3 is 9.73 Å². The van der Waals surface area contributed by atoms with Crippen molar-refractivity contribution >= 4 is 62.8 Å². The minimum atomic E-state index is -0.516. The lowest BCUT2D eigenvalue weighted by atomic mass is 10.2. The number of rotatable bonds is 3. The molecule has 0 aliphatic carbocycles. The molecule has 142 valence electrons. The molecule has 2 N–H and O–H groups in total. The largest absolute Gasteiger partial charge is 0.451 e. The maximum atomic E-state index is 12.4. The average Bonchev–Trinajstić information content (AvgIpc) is 3.20. The lowest BCUT2D eigenvalue weighted by molar-refractivity contribution is 0.0951. The summed E-state index contributed by atoms with van der Waals surface area (Å²) in [5.74, 6) is -0.0106. The van der Waals surface area contributed by atoms with Gasteiger partial charge in [-0.15, -0.1) is 11.3 Å². The molecule has 0 aliphatic heterocycles. The molecule has 0 aliphatic rings. The van der Waals surface area contributed by atoms with Crippen molar-refractivity contribution in [2.45, 2.75) is 13.8 Å². The summed E-state index contributed by atoms with van der Waals surface area (Å²) in [6.45, 7) is 3.78. The standard InChI is InChI=1S/C19H13Cl2N3O2S2/c1-9-10(2)28-18(13(9)8-22)24-19(27)23-17(25)16-6-5-15(26-16)12-4-3-11(20)7-14(12)21/h3-7H,1-2H3,(H2,23,24,25,27). The molecule has 0 radical (unpaired) electrons. The Morgan fingerprint density at radius 3 is 2.68 bits per heavy atom. The zero-order valence-corrected chi connectivity index (χ0v) is 17.9. The van der Waals surface area contributed by atoms with E-state index in [9.17, 15) is 10.1 Å². The highest BCUT2D eigenvalue weighted by molar-refractivity contribution is 7.80. The van der Waals surface area contributed by atoms with Crippen LogP contribution in [0.4, 0.5) is 5.00 Å². The minimum absolute atomic E-state index is 0.0733. The van der Waals surface area contributed by atoms with Gasteiger partial charge in [0.15, 0.2) is 10.9 Å². The van der Waals surface area contributed by atoms with E-state index >= 15 is 0 Å². The summed E-state index contributed by atoms with van der Waals surface area (Å²) in [4.78, 5) is 13.4. The monoisotopic (exact) mass is 449 g/mol. The van der Waals surface area contributed by atoms with Crippen molar-refractivity contribution in [3.8, 4) is 17.4 Å². The molecule has 28 heavy (non-hydrogen) atoms. The van der Waals surface area contributed by atoms with Gasteiger partial charge in [-0.1, -0.05) is 23.2 Å². The average molecular weight is 450 g/mol. The Labute approximate surface area is 180 Å². The van der Waals surface area contributed by atoms with Crippen LogP contribution in [-0.2, 0) is 0 Å². The van der Waals surface area contributed by atoms with Crippen LogP contribution in [0.5, 0.6) is 0 Å². The van der Waals surface area contributed by atoms with E-state index in [-0.39, 0.29) is 10.9 Å². The predicted molar refractivity (Wildman–Crippen MR) is 116 cm³/mol. The first-order chi connectivity index (χ1) is 13.3. The zero-order valence-electron chi connectivity index (χ0n) is 14.7. The third-order valence-electron chi connectivity index (χ3n) is 3.98. The number of aryl methyl sites for hydroxylation is 1. The first kappa shape index (κ1) is 20.4. The van der Waals surface area contributed by atoms with E-state index in [4.69, 9.17) is 39.8 Å². The van der Waals surface area contributed by atoms with E-state index in [1.165, 1.54) is 17.4 Å². The highest BCUT2D eigenvalue weighted by atomic mass is 35.5. The molecule has 0 atom stereocenters. The summed E-state index contributed by atoms with van der Waals surface area (Å²) >= 11 is 18.7. The molecule has 0 saturated heterocycles. The molecule has 0 unspecified atom stereocenters. The fraction of sp³-hybridized carbons (Fsp3) is 0.105. The SMILES string of the molecule is Cc1sc(NC(=S)NC(=O)c2ccc(-c3ccc(Cl)cc3Cl)o2)c(C#N)c1C. The fourth-order valence-corrected chi connectivity index (χ4v) is 4.22. The second-order valence-corrected chi connectivity index (χ2v) is 8.27. The van der Waals surface area contributed by atoms with Gasteiger partial charge in [0, 0.05) is 15.5 Å². The summed E-state index contributed by atoms with van der Waals surface area (Å²) in [5, 5.41) is 16.3. The van der Waals surface area contributed by atoms with Crippen molar-refractivity contribution in [2.75, 3.05) is 5.32 Å². The lowest BCUT2D eigenvalue weighted by Crippen LogP contribution is -2.33. The highest BCUT2D eigenvalue weighted by Gasteiger charge is 2.17. The third-order valence-corrected chi connectivity index (χ3v) is 5.85. The molecule has 0 fully saturated rings. The van der Waals surface area contributed by atoms with E-state index in [1.54, 1.807) is 24.3 Å². The Kier molecular flexibility index (Phi) is 6.06. The summed E-state index contributed by atoms with van der Waals surface area (Å²) in [6, 6.07) is 10.3. The number of nitriles is 1. The topological polar surface area (TPSA) is 78.1 Å². The van der Waals surface area contributed by atoms with Crippen LogP contribution in [0.25, 0.3) is 11.3 Å². The minimum Gasteiger partial charge on any atom is -0.451 e. The number of thiocarbonyl (C=S) groups is 1. The van der Waals surface area contributed by atoms with Gasteiger partial charge in [0.05, 0.1) is 10.6 Å². The molecule has 0 bridgehead atoms. The number of hydrogen-bond donors (Lipinski definition) is 2. The van der Waals surface area contributed by atoms with Gasteiger partial charge in [0.2, 0.25) is 0 Å². The van der Waals surface area contributed by atoms with Gasteiger partial charge in [0.1, 0.15) is 16.8 Å². The zero-order chi connectivity index (χ0) is 20.4. The van der Waals surface area contributed by atoms with Gasteiger partial charge in [-0.3, -0.25) is 10.1 Å². The number of carbonyl (C=O) groups is 1. The van der Waals surface area contributed by atoms with E-state index in [1.807, 2.05) is 13.8 Å². The number of nitrogens with zero attached hydrogens (tertiary/aromatic N) is 1. The Balaban J connectivity index is 1.72. The first-order valence-electron chi connectivity index (χ1n) is 7.98. The van der Waals surface area contributed by atoms with E-state index in [0.717, 1.165) is 10.4 Å². The summed E-state index contributed by atoms with van der Waals surface area (Å²) < 4.78 is 5.59. The normalized spacial score (nSPS) is 10.4. The molecule has 1 amide bonds. The van der Waals surface area contributed by atoms with Gasteiger partial charge in [-0.2, -0.15) is 5.26 Å². The Bertz CT molecular complexity index is 1130. The first-order valence-corrected chi connectivity index (χ1v) is 9.96. The maximum absolute atomic E-state index is 12.4. The van der Waals surface area contributed by atoms with E-state index in [2.05, 4.69) is 16.7 Å². The predicted octanol–water partition coefficient (Wildman–Crippen LogP) is 5.93. The molecule has 0 saturated carbocycles. The molecule has 0 spiro atoms. The molecule has 9 heteroatoms. The van der Waals surface area contributed by atoms with Crippen LogP contribution in [0.15, 0.2) is 34.7 Å². The molecule has 2 heterocycles. The second kappa shape index (κ2) is 8.33. The van der Waals surface area contributed by atoms with Crippen molar-refractivity contribution in [3.05, 3.63) is 62.1 Å². The smallest absolute Gasteiger partial charge is 0.293 e. The van der Waals surface area contributed by atoms with Crippen LogP contribution < -0.4 is 10.6 Å². The molecule has 3 rings (SSSR count).